The normalized spacial score (nSPS) is 21.1. The topological polar surface area (TPSA) is 41.5 Å². The van der Waals surface area contributed by atoms with Gasteiger partial charge in [-0.25, -0.2) is 9.97 Å². The van der Waals surface area contributed by atoms with Crippen LogP contribution in [0.1, 0.15) is 53.5 Å². The molecule has 3 heterocycles. The van der Waals surface area contributed by atoms with Gasteiger partial charge in [-0.05, 0) is 38.9 Å². The summed E-state index contributed by atoms with van der Waals surface area (Å²) in [6.07, 6.45) is 6.81. The van der Waals surface area contributed by atoms with Crippen LogP contribution in [0.4, 0.5) is 0 Å². The van der Waals surface area contributed by atoms with Crippen LogP contribution in [0, 0.1) is 6.92 Å². The van der Waals surface area contributed by atoms with Crippen LogP contribution < -0.4 is 4.74 Å². The largest absolute Gasteiger partial charge is 0.496 e. The van der Waals surface area contributed by atoms with Crippen LogP contribution in [-0.2, 0) is 19.5 Å². The van der Waals surface area contributed by atoms with E-state index >= 15 is 0 Å². The minimum Gasteiger partial charge on any atom is -0.496 e. The number of likely N-dealkylation sites (tertiary alicyclic amines) is 1. The Kier molecular flexibility index (Phi) is 5.41. The van der Waals surface area contributed by atoms with Crippen molar-refractivity contribution in [1.29, 1.82) is 0 Å². The molecule has 1 fully saturated rings. The van der Waals surface area contributed by atoms with Gasteiger partial charge in [0.15, 0.2) is 0 Å². The summed E-state index contributed by atoms with van der Waals surface area (Å²) in [5.41, 5.74) is 4.96. The molecule has 5 nitrogen and oxygen atoms in total. The number of fused-ring (bicyclic) bond motifs is 1. The van der Waals surface area contributed by atoms with Gasteiger partial charge in [0.05, 0.1) is 13.2 Å². The lowest BCUT2D eigenvalue weighted by Gasteiger charge is -2.33. The molecular formula is C22H30N4O. The molecule has 0 unspecified atom stereocenters. The number of aromatic nitrogens is 2. The molecule has 2 aliphatic heterocycles. The Morgan fingerprint density at radius 1 is 1.22 bits per heavy atom. The number of nitrogens with zero attached hydrogens (tertiary/aromatic N) is 4. The minimum absolute atomic E-state index is 0.388. The Bertz CT molecular complexity index is 807. The second kappa shape index (κ2) is 7.95. The molecule has 4 rings (SSSR count). The van der Waals surface area contributed by atoms with Crippen molar-refractivity contribution in [2.45, 2.75) is 51.7 Å². The second-order valence-corrected chi connectivity index (χ2v) is 7.92. The number of para-hydroxylation sites is 1. The first-order chi connectivity index (χ1) is 13.2. The van der Waals surface area contributed by atoms with Gasteiger partial charge in [0.2, 0.25) is 0 Å². The molecule has 0 radical (unpaired) electrons. The van der Waals surface area contributed by atoms with Crippen LogP contribution >= 0.6 is 0 Å². The number of aryl methyl sites for hydroxylation is 1. The van der Waals surface area contributed by atoms with Crippen molar-refractivity contribution in [2.75, 3.05) is 27.2 Å². The van der Waals surface area contributed by atoms with E-state index in [1.807, 2.05) is 0 Å². The third-order valence-electron chi connectivity index (χ3n) is 5.99. The maximum atomic E-state index is 5.62. The molecule has 0 N–H and O–H groups in total. The lowest BCUT2D eigenvalue weighted by molar-refractivity contribution is 0.178. The van der Waals surface area contributed by atoms with Crippen LogP contribution in [0.2, 0.25) is 0 Å². The van der Waals surface area contributed by atoms with E-state index in [0.29, 0.717) is 6.04 Å². The summed E-state index contributed by atoms with van der Waals surface area (Å²) in [5, 5.41) is 0. The third kappa shape index (κ3) is 3.85. The maximum absolute atomic E-state index is 5.62. The molecule has 1 atom stereocenters. The second-order valence-electron chi connectivity index (χ2n) is 7.92. The van der Waals surface area contributed by atoms with E-state index in [4.69, 9.17) is 14.7 Å². The van der Waals surface area contributed by atoms with Crippen molar-refractivity contribution in [3.8, 4) is 5.75 Å². The lowest BCUT2D eigenvalue weighted by atomic mass is 10.0. The van der Waals surface area contributed by atoms with Gasteiger partial charge in [-0.15, -0.1) is 0 Å². The summed E-state index contributed by atoms with van der Waals surface area (Å²) < 4.78 is 5.62. The number of ether oxygens (including phenoxy) is 1. The molecule has 1 saturated heterocycles. The van der Waals surface area contributed by atoms with E-state index in [9.17, 15) is 0 Å². The summed E-state index contributed by atoms with van der Waals surface area (Å²) in [5.74, 6) is 2.03. The molecule has 1 aromatic carbocycles. The highest BCUT2D eigenvalue weighted by Gasteiger charge is 2.26. The predicted octanol–water partition coefficient (Wildman–Crippen LogP) is 3.51. The zero-order chi connectivity index (χ0) is 18.8. The van der Waals surface area contributed by atoms with Crippen LogP contribution in [-0.4, -0.2) is 47.0 Å². The molecule has 0 bridgehead atoms. The Balaban J connectivity index is 1.48. The molecule has 0 spiro atoms. The molecule has 2 aliphatic rings. The Hall–Kier alpha value is -1.98. The summed E-state index contributed by atoms with van der Waals surface area (Å²) >= 11 is 0. The van der Waals surface area contributed by atoms with Crippen molar-refractivity contribution in [2.24, 2.45) is 0 Å². The summed E-state index contributed by atoms with van der Waals surface area (Å²) in [6, 6.07) is 6.77. The fourth-order valence-corrected chi connectivity index (χ4v) is 4.46. The molecule has 5 heteroatoms. The first kappa shape index (κ1) is 18.4. The highest BCUT2D eigenvalue weighted by molar-refractivity contribution is 5.40. The molecule has 0 saturated carbocycles. The highest BCUT2D eigenvalue weighted by Crippen LogP contribution is 2.29. The number of hydrogen-bond acceptors (Lipinski definition) is 5. The van der Waals surface area contributed by atoms with Gasteiger partial charge in [0.1, 0.15) is 11.6 Å². The number of hydrogen-bond donors (Lipinski definition) is 0. The number of rotatable bonds is 4. The number of piperidine rings is 1. The Morgan fingerprint density at radius 2 is 2.11 bits per heavy atom. The lowest BCUT2D eigenvalue weighted by Crippen LogP contribution is -2.33. The average Bonchev–Trinajstić information content (AvgIpc) is 2.68. The van der Waals surface area contributed by atoms with Gasteiger partial charge in [-0.1, -0.05) is 24.6 Å². The highest BCUT2D eigenvalue weighted by atomic mass is 16.5. The fourth-order valence-electron chi connectivity index (χ4n) is 4.46. The monoisotopic (exact) mass is 366 g/mol. The molecule has 2 aromatic rings. The van der Waals surface area contributed by atoms with Crippen LogP contribution in [0.15, 0.2) is 24.4 Å². The standard InChI is InChI=1S/C22H30N4O/c1-16-7-6-8-17(21(16)27-3)14-26-12-10-19-18(15-26)13-23-22(24-19)20-9-4-5-11-25(20)2/h6-8,13,20H,4-5,9-12,14-15H2,1-3H3/t20-/m1/s1. The first-order valence-electron chi connectivity index (χ1n) is 10.1. The van der Waals surface area contributed by atoms with Crippen molar-refractivity contribution in [3.05, 3.63) is 52.6 Å². The van der Waals surface area contributed by atoms with Crippen LogP contribution in [0.3, 0.4) is 0 Å². The van der Waals surface area contributed by atoms with Crippen LogP contribution in [0.5, 0.6) is 5.75 Å². The molecule has 1 aromatic heterocycles. The molecule has 27 heavy (non-hydrogen) atoms. The van der Waals surface area contributed by atoms with Gasteiger partial charge in [0.25, 0.3) is 0 Å². The SMILES string of the molecule is COc1c(C)cccc1CN1CCc2nc([C@H]3CCCCN3C)ncc2C1. The van der Waals surface area contributed by atoms with E-state index in [1.54, 1.807) is 7.11 Å². The van der Waals surface area contributed by atoms with E-state index in [2.05, 4.69) is 48.2 Å². The Morgan fingerprint density at radius 3 is 2.93 bits per heavy atom. The van der Waals surface area contributed by atoms with Gasteiger partial charge in [-0.3, -0.25) is 9.80 Å². The summed E-state index contributed by atoms with van der Waals surface area (Å²) in [6.45, 7) is 6.09. The van der Waals surface area contributed by atoms with Gasteiger partial charge >= 0.3 is 0 Å². The fraction of sp³-hybridized carbons (Fsp3) is 0.545. The van der Waals surface area contributed by atoms with Crippen molar-refractivity contribution in [1.82, 2.24) is 19.8 Å². The minimum atomic E-state index is 0.388. The van der Waals surface area contributed by atoms with Gasteiger partial charge in [-0.2, -0.15) is 0 Å². The average molecular weight is 367 g/mol. The smallest absolute Gasteiger partial charge is 0.145 e. The zero-order valence-corrected chi connectivity index (χ0v) is 16.7. The van der Waals surface area contributed by atoms with E-state index in [1.165, 1.54) is 41.6 Å². The van der Waals surface area contributed by atoms with Crippen molar-refractivity contribution >= 4 is 0 Å². The molecule has 0 amide bonds. The Labute approximate surface area is 162 Å². The van der Waals surface area contributed by atoms with Crippen molar-refractivity contribution in [3.63, 3.8) is 0 Å². The maximum Gasteiger partial charge on any atom is 0.145 e. The van der Waals surface area contributed by atoms with Crippen LogP contribution in [0.25, 0.3) is 0 Å². The van der Waals surface area contributed by atoms with E-state index in [0.717, 1.165) is 44.2 Å². The van der Waals surface area contributed by atoms with Gasteiger partial charge in [0, 0.05) is 49.1 Å². The van der Waals surface area contributed by atoms with Crippen molar-refractivity contribution < 1.29 is 4.74 Å². The molecule has 144 valence electrons. The zero-order valence-electron chi connectivity index (χ0n) is 16.7. The summed E-state index contributed by atoms with van der Waals surface area (Å²) in [4.78, 5) is 14.6. The predicted molar refractivity (Wildman–Crippen MR) is 107 cm³/mol. The number of benzene rings is 1. The summed E-state index contributed by atoms with van der Waals surface area (Å²) in [7, 11) is 3.96. The van der Waals surface area contributed by atoms with Gasteiger partial charge < -0.3 is 4.74 Å². The quantitative estimate of drug-likeness (QED) is 0.828. The third-order valence-corrected chi connectivity index (χ3v) is 5.99. The molecule has 0 aliphatic carbocycles. The number of methoxy groups -OCH3 is 1. The van der Waals surface area contributed by atoms with E-state index in [-0.39, 0.29) is 0 Å². The first-order valence-corrected chi connectivity index (χ1v) is 10.1. The molecular weight excluding hydrogens is 336 g/mol. The van der Waals surface area contributed by atoms with E-state index < -0.39 is 0 Å².